The molecule has 1 fully saturated rings. The number of alkyl halides is 3. The number of aliphatic hydroxyl groups is 1. The number of nitrogens with zero attached hydrogens (tertiary/aromatic N) is 1. The first-order valence-corrected chi connectivity index (χ1v) is 6.81. The van der Waals surface area contributed by atoms with E-state index in [0.29, 0.717) is 4.90 Å². The van der Waals surface area contributed by atoms with E-state index in [9.17, 15) is 27.9 Å². The molecule has 0 saturated carbocycles. The monoisotopic (exact) mass is 343 g/mol. The summed E-state index contributed by atoms with van der Waals surface area (Å²) in [6.07, 6.45) is -7.15. The number of halogens is 3. The van der Waals surface area contributed by atoms with Crippen LogP contribution in [0.1, 0.15) is 33.6 Å². The summed E-state index contributed by atoms with van der Waals surface area (Å²) >= 11 is 0. The van der Waals surface area contributed by atoms with Crippen molar-refractivity contribution in [2.45, 2.75) is 57.2 Å². The SMILES string of the molecule is COC(=O)CC[C@@H]1N(C(=O)OC(C)(C)C)CO[C@@]1(O)C(F)(F)F. The van der Waals surface area contributed by atoms with Gasteiger partial charge >= 0.3 is 18.2 Å². The highest BCUT2D eigenvalue weighted by Crippen LogP contribution is 2.42. The van der Waals surface area contributed by atoms with Crippen molar-refractivity contribution < 1.29 is 42.1 Å². The lowest BCUT2D eigenvalue weighted by Crippen LogP contribution is -2.56. The molecule has 1 N–H and O–H groups in total. The number of carbonyl (C=O) groups is 2. The molecule has 7 nitrogen and oxygen atoms in total. The topological polar surface area (TPSA) is 85.3 Å². The number of esters is 1. The highest BCUT2D eigenvalue weighted by atomic mass is 19.4. The van der Waals surface area contributed by atoms with Gasteiger partial charge < -0.3 is 19.3 Å². The summed E-state index contributed by atoms with van der Waals surface area (Å²) in [6, 6.07) is -1.82. The molecular weight excluding hydrogens is 323 g/mol. The molecular formula is C13H20F3NO6. The molecule has 0 aromatic rings. The molecule has 0 spiro atoms. The number of methoxy groups -OCH3 is 1. The molecule has 134 valence electrons. The van der Waals surface area contributed by atoms with Crippen LogP contribution in [0.2, 0.25) is 0 Å². The van der Waals surface area contributed by atoms with Crippen LogP contribution in [-0.4, -0.2) is 59.5 Å². The standard InChI is InChI=1S/C13H20F3NO6/c1-11(2,3)23-10(19)17-7-22-12(20,13(14,15)16)8(17)5-6-9(18)21-4/h8,20H,5-7H2,1-4H3/t8-,12+/m0/s1. The molecule has 1 aliphatic rings. The third-order valence-electron chi connectivity index (χ3n) is 3.14. The van der Waals surface area contributed by atoms with E-state index in [1.165, 1.54) is 0 Å². The van der Waals surface area contributed by atoms with Crippen LogP contribution in [0.5, 0.6) is 0 Å². The Morgan fingerprint density at radius 3 is 2.35 bits per heavy atom. The highest BCUT2D eigenvalue weighted by molar-refractivity contribution is 5.70. The molecule has 0 radical (unpaired) electrons. The smallest absolute Gasteiger partial charge is 0.445 e. The minimum Gasteiger partial charge on any atom is -0.469 e. The van der Waals surface area contributed by atoms with Gasteiger partial charge in [0.15, 0.2) is 0 Å². The van der Waals surface area contributed by atoms with Crippen LogP contribution in [0.25, 0.3) is 0 Å². The van der Waals surface area contributed by atoms with E-state index < -0.39 is 55.2 Å². The van der Waals surface area contributed by atoms with Crippen LogP contribution in [0.4, 0.5) is 18.0 Å². The number of hydrogen-bond donors (Lipinski definition) is 1. The van der Waals surface area contributed by atoms with Crippen molar-refractivity contribution in [2.75, 3.05) is 13.8 Å². The molecule has 0 aromatic heterocycles. The Labute approximate surface area is 131 Å². The van der Waals surface area contributed by atoms with E-state index >= 15 is 0 Å². The van der Waals surface area contributed by atoms with Crippen LogP contribution in [0.3, 0.4) is 0 Å². The van der Waals surface area contributed by atoms with Crippen LogP contribution >= 0.6 is 0 Å². The van der Waals surface area contributed by atoms with E-state index in [4.69, 9.17) is 4.74 Å². The molecule has 0 bridgehead atoms. The van der Waals surface area contributed by atoms with Crippen LogP contribution in [-0.2, 0) is 19.0 Å². The first-order valence-electron chi connectivity index (χ1n) is 6.81. The maximum atomic E-state index is 13.1. The lowest BCUT2D eigenvalue weighted by molar-refractivity contribution is -0.354. The number of hydrogen-bond acceptors (Lipinski definition) is 6. The molecule has 1 amide bonds. The summed E-state index contributed by atoms with van der Waals surface area (Å²) in [5, 5.41) is 9.84. The number of rotatable bonds is 3. The van der Waals surface area contributed by atoms with Gasteiger partial charge in [-0.25, -0.2) is 4.79 Å². The summed E-state index contributed by atoms with van der Waals surface area (Å²) in [7, 11) is 1.08. The van der Waals surface area contributed by atoms with Crippen LogP contribution < -0.4 is 0 Å². The third kappa shape index (κ3) is 4.47. The van der Waals surface area contributed by atoms with Crippen molar-refractivity contribution in [1.29, 1.82) is 0 Å². The average molecular weight is 343 g/mol. The van der Waals surface area contributed by atoms with Gasteiger partial charge in [0.25, 0.3) is 5.79 Å². The summed E-state index contributed by atoms with van der Waals surface area (Å²) in [6.45, 7) is 3.82. The number of carbonyl (C=O) groups excluding carboxylic acids is 2. The Kier molecular flexibility index (Phi) is 5.53. The largest absolute Gasteiger partial charge is 0.469 e. The van der Waals surface area contributed by atoms with Gasteiger partial charge in [-0.05, 0) is 27.2 Å². The Morgan fingerprint density at radius 1 is 1.35 bits per heavy atom. The Hall–Kier alpha value is -1.55. The molecule has 10 heteroatoms. The first-order chi connectivity index (χ1) is 10.3. The molecule has 2 atom stereocenters. The molecule has 0 aromatic carbocycles. The predicted molar refractivity (Wildman–Crippen MR) is 70.1 cm³/mol. The van der Waals surface area contributed by atoms with E-state index in [1.54, 1.807) is 20.8 Å². The van der Waals surface area contributed by atoms with Gasteiger partial charge in [0.05, 0.1) is 7.11 Å². The zero-order valence-electron chi connectivity index (χ0n) is 13.3. The van der Waals surface area contributed by atoms with Crippen LogP contribution in [0, 0.1) is 0 Å². The lowest BCUT2D eigenvalue weighted by atomic mass is 10.0. The zero-order valence-corrected chi connectivity index (χ0v) is 13.3. The van der Waals surface area contributed by atoms with E-state index in [1.807, 2.05) is 0 Å². The van der Waals surface area contributed by atoms with Gasteiger partial charge in [0, 0.05) is 6.42 Å². The maximum absolute atomic E-state index is 13.1. The van der Waals surface area contributed by atoms with E-state index in [0.717, 1.165) is 7.11 Å². The normalized spacial score (nSPS) is 25.4. The molecule has 1 aliphatic heterocycles. The van der Waals surface area contributed by atoms with Crippen LogP contribution in [0.15, 0.2) is 0 Å². The third-order valence-corrected chi connectivity index (χ3v) is 3.14. The molecule has 0 aliphatic carbocycles. The second kappa shape index (κ2) is 6.52. The van der Waals surface area contributed by atoms with Gasteiger partial charge in [0.2, 0.25) is 0 Å². The van der Waals surface area contributed by atoms with Crippen molar-refractivity contribution in [2.24, 2.45) is 0 Å². The van der Waals surface area contributed by atoms with Gasteiger partial charge in [-0.15, -0.1) is 0 Å². The van der Waals surface area contributed by atoms with Crippen molar-refractivity contribution >= 4 is 12.1 Å². The fourth-order valence-electron chi connectivity index (χ4n) is 2.04. The molecule has 23 heavy (non-hydrogen) atoms. The number of amides is 1. The van der Waals surface area contributed by atoms with Crippen molar-refractivity contribution in [1.82, 2.24) is 4.90 Å². The lowest BCUT2D eigenvalue weighted by Gasteiger charge is -2.33. The Balaban J connectivity index is 3.01. The van der Waals surface area contributed by atoms with Gasteiger partial charge in [0.1, 0.15) is 18.4 Å². The van der Waals surface area contributed by atoms with Gasteiger partial charge in [-0.2, -0.15) is 13.2 Å². The first kappa shape index (κ1) is 19.5. The quantitative estimate of drug-likeness (QED) is 0.787. The molecule has 1 heterocycles. The second-order valence-electron chi connectivity index (χ2n) is 6.05. The highest BCUT2D eigenvalue weighted by Gasteiger charge is 2.66. The van der Waals surface area contributed by atoms with Crippen molar-refractivity contribution in [3.05, 3.63) is 0 Å². The molecule has 1 rings (SSSR count). The average Bonchev–Trinajstić information content (AvgIpc) is 2.72. The summed E-state index contributed by atoms with van der Waals surface area (Å²) in [5.74, 6) is -4.34. The van der Waals surface area contributed by atoms with Gasteiger partial charge in [-0.1, -0.05) is 0 Å². The Morgan fingerprint density at radius 2 is 1.91 bits per heavy atom. The van der Waals surface area contributed by atoms with Gasteiger partial charge in [-0.3, -0.25) is 9.69 Å². The predicted octanol–water partition coefficient (Wildman–Crippen LogP) is 1.78. The second-order valence-corrected chi connectivity index (χ2v) is 6.05. The van der Waals surface area contributed by atoms with E-state index in [2.05, 4.69) is 9.47 Å². The fraction of sp³-hybridized carbons (Fsp3) is 0.846. The summed E-state index contributed by atoms with van der Waals surface area (Å²) < 4.78 is 53.1. The summed E-state index contributed by atoms with van der Waals surface area (Å²) in [5.41, 5.74) is -0.942. The summed E-state index contributed by atoms with van der Waals surface area (Å²) in [4.78, 5) is 23.8. The minimum atomic E-state index is -5.15. The maximum Gasteiger partial charge on any atom is 0.445 e. The van der Waals surface area contributed by atoms with Crippen molar-refractivity contribution in [3.63, 3.8) is 0 Å². The fourth-order valence-corrected chi connectivity index (χ4v) is 2.04. The van der Waals surface area contributed by atoms with E-state index in [-0.39, 0.29) is 0 Å². The molecule has 1 saturated heterocycles. The van der Waals surface area contributed by atoms with Crippen molar-refractivity contribution in [3.8, 4) is 0 Å². The molecule has 0 unspecified atom stereocenters. The zero-order chi connectivity index (χ0) is 18.1. The number of ether oxygens (including phenoxy) is 3. The Bertz CT molecular complexity index is 462. The minimum absolute atomic E-state index is 0.428.